The van der Waals surface area contributed by atoms with Crippen molar-refractivity contribution in [3.8, 4) is 0 Å². The third-order valence-electron chi connectivity index (χ3n) is 5.89. The minimum Gasteiger partial charge on any atom is -0.465 e. The third kappa shape index (κ3) is 5.06. The molecule has 3 heterocycles. The Kier molecular flexibility index (Phi) is 7.02. The number of nitrogens with zero attached hydrogens (tertiary/aromatic N) is 3. The summed E-state index contributed by atoms with van der Waals surface area (Å²) in [5.74, 6) is -0.326. The maximum atomic E-state index is 13.2. The van der Waals surface area contributed by atoms with Crippen LogP contribution in [0.3, 0.4) is 0 Å². The number of hydrogen-bond acceptors (Lipinski definition) is 6. The van der Waals surface area contributed by atoms with Gasteiger partial charge in [-0.3, -0.25) is 19.7 Å². The zero-order chi connectivity index (χ0) is 25.4. The van der Waals surface area contributed by atoms with Gasteiger partial charge < -0.3 is 10.4 Å². The van der Waals surface area contributed by atoms with E-state index in [1.165, 1.54) is 17.2 Å². The number of pyridine rings is 2. The van der Waals surface area contributed by atoms with Crippen LogP contribution in [0.4, 0.5) is 4.79 Å². The molecule has 1 aliphatic heterocycles. The number of carboxylic acid groups (broad SMARTS) is 1. The fourth-order valence-electron chi connectivity index (χ4n) is 4.12. The molecule has 0 saturated carbocycles. The predicted octanol–water partition coefficient (Wildman–Crippen LogP) is 3.69. The van der Waals surface area contributed by atoms with Crippen LogP contribution in [0.5, 0.6) is 0 Å². The highest BCUT2D eigenvalue weighted by Crippen LogP contribution is 2.40. The molecule has 0 bridgehead atoms. The van der Waals surface area contributed by atoms with Crippen LogP contribution in [0, 0.1) is 5.92 Å². The number of hydrogen-bond donors (Lipinski definition) is 2. The van der Waals surface area contributed by atoms with E-state index in [-0.39, 0.29) is 41.6 Å². The zero-order valence-electron chi connectivity index (χ0n) is 20.4. The monoisotopic (exact) mass is 488 g/mol. The van der Waals surface area contributed by atoms with E-state index in [1.54, 1.807) is 19.1 Å². The van der Waals surface area contributed by atoms with Crippen LogP contribution in [0.25, 0.3) is 0 Å². The summed E-state index contributed by atoms with van der Waals surface area (Å²) >= 11 is 0. The molecule has 0 aliphatic carbocycles. The van der Waals surface area contributed by atoms with Gasteiger partial charge in [0.05, 0.1) is 52.4 Å². The van der Waals surface area contributed by atoms with Gasteiger partial charge in [-0.15, -0.1) is 0 Å². The molecule has 0 unspecified atom stereocenters. The highest BCUT2D eigenvalue weighted by atomic mass is 32.2. The Balaban J connectivity index is 1.90. The quantitative estimate of drug-likeness (QED) is 0.634. The number of carbonyl (C=O) groups excluding carboxylic acids is 1. The van der Waals surface area contributed by atoms with Gasteiger partial charge in [-0.25, -0.2) is 13.2 Å². The summed E-state index contributed by atoms with van der Waals surface area (Å²) in [7, 11) is -3.34. The van der Waals surface area contributed by atoms with Crippen molar-refractivity contribution in [3.63, 3.8) is 0 Å². The zero-order valence-corrected chi connectivity index (χ0v) is 21.2. The number of fused-ring (bicyclic) bond motifs is 1. The van der Waals surface area contributed by atoms with Gasteiger partial charge in [0.2, 0.25) is 0 Å². The van der Waals surface area contributed by atoms with Gasteiger partial charge in [0.25, 0.3) is 5.91 Å². The lowest BCUT2D eigenvalue weighted by molar-refractivity contribution is 0.0947. The minimum atomic E-state index is -3.34. The Labute approximate surface area is 200 Å². The van der Waals surface area contributed by atoms with Crippen molar-refractivity contribution in [3.05, 3.63) is 52.6 Å². The van der Waals surface area contributed by atoms with Gasteiger partial charge in [0.1, 0.15) is 0 Å². The van der Waals surface area contributed by atoms with Gasteiger partial charge in [-0.05, 0) is 29.7 Å². The fraction of sp³-hybridized carbons (Fsp3) is 0.500. The van der Waals surface area contributed by atoms with Crippen LogP contribution >= 0.6 is 0 Å². The lowest BCUT2D eigenvalue weighted by Gasteiger charge is -2.26. The Hall–Kier alpha value is -3.01. The molecular weight excluding hydrogens is 456 g/mol. The standard InChI is InChI=1S/C24H32N4O5S/c1-7-34(32,33)17-9-8-16(25-12-17)11-26-22(29)18-10-15-13-28(23(30)31)20(14(2)3)19(15)27-21(18)24(4,5)6/h8-10,12,14,20H,7,11,13H2,1-6H3,(H,26,29)(H,30,31)/t20-/m0/s1. The van der Waals surface area contributed by atoms with Crippen molar-refractivity contribution in [2.24, 2.45) is 5.92 Å². The SMILES string of the molecule is CCS(=O)(=O)c1ccc(CNC(=O)c2cc3c(nc2C(C)(C)C)[C@H](C(C)C)N(C(=O)O)C3)nc1. The maximum absolute atomic E-state index is 13.2. The summed E-state index contributed by atoms with van der Waals surface area (Å²) in [6, 6.07) is 4.44. The van der Waals surface area contributed by atoms with Crippen molar-refractivity contribution in [2.75, 3.05) is 5.75 Å². The summed E-state index contributed by atoms with van der Waals surface area (Å²) in [6.07, 6.45) is 0.282. The van der Waals surface area contributed by atoms with Gasteiger partial charge in [-0.1, -0.05) is 41.5 Å². The predicted molar refractivity (Wildman–Crippen MR) is 127 cm³/mol. The van der Waals surface area contributed by atoms with E-state index < -0.39 is 21.3 Å². The number of amides is 2. The molecule has 0 radical (unpaired) electrons. The highest BCUT2D eigenvalue weighted by molar-refractivity contribution is 7.91. The van der Waals surface area contributed by atoms with E-state index in [4.69, 9.17) is 4.98 Å². The Morgan fingerprint density at radius 2 is 1.94 bits per heavy atom. The molecule has 3 rings (SSSR count). The van der Waals surface area contributed by atoms with Crippen LogP contribution < -0.4 is 5.32 Å². The summed E-state index contributed by atoms with van der Waals surface area (Å²) in [4.78, 5) is 35.5. The topological polar surface area (TPSA) is 130 Å². The molecule has 0 spiro atoms. The summed E-state index contributed by atoms with van der Waals surface area (Å²) < 4.78 is 23.9. The second-order valence-corrected chi connectivity index (χ2v) is 12.1. The smallest absolute Gasteiger partial charge is 0.408 e. The van der Waals surface area contributed by atoms with Crippen LogP contribution in [-0.2, 0) is 28.3 Å². The van der Waals surface area contributed by atoms with Crippen LogP contribution in [-0.4, -0.2) is 46.1 Å². The fourth-order valence-corrected chi connectivity index (χ4v) is 4.94. The second kappa shape index (κ2) is 9.32. The first-order valence-electron chi connectivity index (χ1n) is 11.3. The molecule has 2 aromatic rings. The first kappa shape index (κ1) is 25.6. The molecule has 10 heteroatoms. The average molecular weight is 489 g/mol. The molecule has 0 aromatic carbocycles. The number of rotatable bonds is 6. The van der Waals surface area contributed by atoms with E-state index in [9.17, 15) is 23.1 Å². The molecular formula is C24H32N4O5S. The van der Waals surface area contributed by atoms with Crippen molar-refractivity contribution >= 4 is 21.8 Å². The van der Waals surface area contributed by atoms with Gasteiger partial charge in [-0.2, -0.15) is 0 Å². The second-order valence-electron chi connectivity index (χ2n) is 9.85. The number of nitrogens with one attached hydrogen (secondary N) is 1. The Bertz CT molecular complexity index is 1200. The molecule has 2 amide bonds. The van der Waals surface area contributed by atoms with Crippen molar-refractivity contribution in [1.82, 2.24) is 20.2 Å². The number of sulfone groups is 1. The third-order valence-corrected chi connectivity index (χ3v) is 7.61. The first-order chi connectivity index (χ1) is 15.8. The minimum absolute atomic E-state index is 0.0113. The largest absolute Gasteiger partial charge is 0.465 e. The van der Waals surface area contributed by atoms with Crippen LogP contribution in [0.1, 0.15) is 80.6 Å². The lowest BCUT2D eigenvalue weighted by atomic mass is 9.86. The summed E-state index contributed by atoms with van der Waals surface area (Å²) in [5.41, 5.74) is 2.49. The van der Waals surface area contributed by atoms with E-state index >= 15 is 0 Å². The summed E-state index contributed by atoms with van der Waals surface area (Å²) in [6.45, 7) is 11.7. The number of carbonyl (C=O) groups is 2. The lowest BCUT2D eigenvalue weighted by Crippen LogP contribution is -2.31. The van der Waals surface area contributed by atoms with E-state index in [0.29, 0.717) is 22.6 Å². The normalized spacial score (nSPS) is 16.0. The van der Waals surface area contributed by atoms with Crippen LogP contribution in [0.15, 0.2) is 29.3 Å². The Morgan fingerprint density at radius 1 is 1.26 bits per heavy atom. The van der Waals surface area contributed by atoms with Crippen molar-refractivity contribution in [2.45, 2.75) is 71.0 Å². The maximum Gasteiger partial charge on any atom is 0.408 e. The van der Waals surface area contributed by atoms with Gasteiger partial charge in [0, 0.05) is 11.6 Å². The first-order valence-corrected chi connectivity index (χ1v) is 12.9. The van der Waals surface area contributed by atoms with Crippen molar-refractivity contribution in [1.29, 1.82) is 0 Å². The molecule has 0 fully saturated rings. The van der Waals surface area contributed by atoms with Crippen LogP contribution in [0.2, 0.25) is 0 Å². The summed E-state index contributed by atoms with van der Waals surface area (Å²) in [5, 5.41) is 12.5. The van der Waals surface area contributed by atoms with E-state index in [0.717, 1.165) is 5.56 Å². The van der Waals surface area contributed by atoms with Gasteiger partial charge in [0.15, 0.2) is 9.84 Å². The van der Waals surface area contributed by atoms with E-state index in [1.807, 2.05) is 34.6 Å². The highest BCUT2D eigenvalue weighted by Gasteiger charge is 2.39. The molecule has 184 valence electrons. The Morgan fingerprint density at radius 3 is 2.44 bits per heavy atom. The molecule has 34 heavy (non-hydrogen) atoms. The molecule has 0 saturated heterocycles. The molecule has 2 aromatic heterocycles. The number of aromatic nitrogens is 2. The molecule has 2 N–H and O–H groups in total. The molecule has 1 aliphatic rings. The van der Waals surface area contributed by atoms with Crippen molar-refractivity contribution < 1.29 is 23.1 Å². The molecule has 9 nitrogen and oxygen atoms in total. The van der Waals surface area contributed by atoms with E-state index in [2.05, 4.69) is 10.3 Å². The molecule has 1 atom stereocenters. The van der Waals surface area contributed by atoms with Gasteiger partial charge >= 0.3 is 6.09 Å². The average Bonchev–Trinajstić information content (AvgIpc) is 3.15.